The highest BCUT2D eigenvalue weighted by Gasteiger charge is 2.14. The summed E-state index contributed by atoms with van der Waals surface area (Å²) in [7, 11) is 1.65. The van der Waals surface area contributed by atoms with Gasteiger partial charge in [0.05, 0.1) is 15.2 Å². The molecule has 0 aliphatic heterocycles. The monoisotopic (exact) mass is 378 g/mol. The molecule has 0 aliphatic carbocycles. The number of hydrogen-bond acceptors (Lipinski definition) is 3. The predicted octanol–water partition coefficient (Wildman–Crippen LogP) is 3.15. The zero-order valence-electron chi connectivity index (χ0n) is 10.7. The Morgan fingerprint density at radius 2 is 1.90 bits per heavy atom. The number of carbonyl (C=O) groups is 1. The van der Waals surface area contributed by atoms with Crippen molar-refractivity contribution in [1.82, 2.24) is 0 Å². The molecule has 2 aromatic carbocycles. The Bertz CT molecular complexity index is 690. The number of hydrogen-bond donors (Lipinski definition) is 1. The number of phenols is 1. The van der Waals surface area contributed by atoms with Crippen LogP contribution in [0.1, 0.15) is 15.9 Å². The van der Waals surface area contributed by atoms with Crippen molar-refractivity contribution in [3.63, 3.8) is 0 Å². The number of rotatable bonds is 2. The number of aromatic hydroxyl groups is 1. The summed E-state index contributed by atoms with van der Waals surface area (Å²) in [6.07, 6.45) is 0. The maximum absolute atomic E-state index is 12.3. The van der Waals surface area contributed by atoms with Gasteiger partial charge in [0.1, 0.15) is 5.75 Å². The van der Waals surface area contributed by atoms with E-state index in [2.05, 4.69) is 0 Å². The first-order chi connectivity index (χ1) is 9.52. The van der Waals surface area contributed by atoms with Gasteiger partial charge in [0.25, 0.3) is 5.91 Å². The van der Waals surface area contributed by atoms with E-state index in [0.29, 0.717) is 20.4 Å². The average molecular weight is 378 g/mol. The minimum Gasteiger partial charge on any atom is -0.507 e. The number of carbonyl (C=O) groups excluding carboxylic acids is 1. The summed E-state index contributed by atoms with van der Waals surface area (Å²) in [5.74, 6) is -0.133. The highest BCUT2D eigenvalue weighted by Crippen LogP contribution is 2.23. The Morgan fingerprint density at radius 3 is 2.45 bits per heavy atom. The van der Waals surface area contributed by atoms with Gasteiger partial charge in [0, 0.05) is 18.3 Å². The Balaban J connectivity index is 2.27. The van der Waals surface area contributed by atoms with Crippen molar-refractivity contribution in [3.8, 4) is 11.8 Å². The van der Waals surface area contributed by atoms with Crippen molar-refractivity contribution in [2.45, 2.75) is 0 Å². The quantitative estimate of drug-likeness (QED) is 0.817. The van der Waals surface area contributed by atoms with Gasteiger partial charge in [0.15, 0.2) is 0 Å². The van der Waals surface area contributed by atoms with Crippen LogP contribution in [0.3, 0.4) is 0 Å². The molecule has 1 N–H and O–H groups in total. The van der Waals surface area contributed by atoms with Gasteiger partial charge in [-0.2, -0.15) is 5.26 Å². The summed E-state index contributed by atoms with van der Waals surface area (Å²) in [4.78, 5) is 13.8. The fourth-order valence-electron chi connectivity index (χ4n) is 1.72. The fraction of sp³-hybridized carbons (Fsp3) is 0.0667. The lowest BCUT2D eigenvalue weighted by molar-refractivity contribution is 0.0992. The molecule has 2 aromatic rings. The van der Waals surface area contributed by atoms with E-state index in [-0.39, 0.29) is 11.7 Å². The SMILES string of the molecule is CN(C(=O)c1ccc(I)c(O)c1)c1ccc(C#N)cc1. The van der Waals surface area contributed by atoms with E-state index < -0.39 is 0 Å². The van der Waals surface area contributed by atoms with Crippen molar-refractivity contribution in [2.24, 2.45) is 0 Å². The molecule has 0 saturated carbocycles. The Kier molecular flexibility index (Phi) is 4.25. The summed E-state index contributed by atoms with van der Waals surface area (Å²) < 4.78 is 0.695. The molecule has 100 valence electrons. The third-order valence-electron chi connectivity index (χ3n) is 2.88. The van der Waals surface area contributed by atoms with Crippen LogP contribution >= 0.6 is 22.6 Å². The summed E-state index contributed by atoms with van der Waals surface area (Å²) in [5.41, 5.74) is 1.64. The van der Waals surface area contributed by atoms with Crippen LogP contribution < -0.4 is 4.90 Å². The molecule has 0 aliphatic rings. The topological polar surface area (TPSA) is 64.3 Å². The minimum atomic E-state index is -0.221. The van der Waals surface area contributed by atoms with Gasteiger partial charge in [-0.15, -0.1) is 0 Å². The van der Waals surface area contributed by atoms with Crippen molar-refractivity contribution in [1.29, 1.82) is 5.26 Å². The molecule has 4 nitrogen and oxygen atoms in total. The van der Waals surface area contributed by atoms with Gasteiger partial charge >= 0.3 is 0 Å². The van der Waals surface area contributed by atoms with E-state index in [1.165, 1.54) is 11.0 Å². The van der Waals surface area contributed by atoms with E-state index in [1.54, 1.807) is 43.4 Å². The first-order valence-corrected chi connectivity index (χ1v) is 6.87. The van der Waals surface area contributed by atoms with Gasteiger partial charge in [-0.25, -0.2) is 0 Å². The molecule has 2 rings (SSSR count). The second kappa shape index (κ2) is 5.92. The number of phenolic OH excluding ortho intramolecular Hbond substituents is 1. The molecule has 0 unspecified atom stereocenters. The third-order valence-corrected chi connectivity index (χ3v) is 3.79. The van der Waals surface area contributed by atoms with Crippen LogP contribution in [0, 0.1) is 14.9 Å². The zero-order chi connectivity index (χ0) is 14.7. The molecular weight excluding hydrogens is 367 g/mol. The Labute approximate surface area is 130 Å². The highest BCUT2D eigenvalue weighted by molar-refractivity contribution is 14.1. The normalized spacial score (nSPS) is 9.85. The van der Waals surface area contributed by atoms with Crippen molar-refractivity contribution < 1.29 is 9.90 Å². The van der Waals surface area contributed by atoms with Crippen LogP contribution in [0.5, 0.6) is 5.75 Å². The summed E-state index contributed by atoms with van der Waals surface area (Å²) in [6.45, 7) is 0. The van der Waals surface area contributed by atoms with Crippen LogP contribution in [0.15, 0.2) is 42.5 Å². The molecule has 0 bridgehead atoms. The van der Waals surface area contributed by atoms with E-state index in [0.717, 1.165) is 0 Å². The molecule has 0 spiro atoms. The van der Waals surface area contributed by atoms with Crippen molar-refractivity contribution in [2.75, 3.05) is 11.9 Å². The lowest BCUT2D eigenvalue weighted by atomic mass is 10.1. The second-order valence-electron chi connectivity index (χ2n) is 4.19. The van der Waals surface area contributed by atoms with E-state index in [4.69, 9.17) is 5.26 Å². The molecule has 0 atom stereocenters. The Morgan fingerprint density at radius 1 is 1.25 bits per heavy atom. The van der Waals surface area contributed by atoms with Crippen LogP contribution in [-0.4, -0.2) is 18.1 Å². The first-order valence-electron chi connectivity index (χ1n) is 5.79. The van der Waals surface area contributed by atoms with Crippen LogP contribution in [0.2, 0.25) is 0 Å². The fourth-order valence-corrected chi connectivity index (χ4v) is 2.05. The molecule has 0 heterocycles. The minimum absolute atomic E-state index is 0.0877. The molecule has 0 radical (unpaired) electrons. The molecule has 0 fully saturated rings. The zero-order valence-corrected chi connectivity index (χ0v) is 12.8. The lowest BCUT2D eigenvalue weighted by Crippen LogP contribution is -2.26. The maximum atomic E-state index is 12.3. The van der Waals surface area contributed by atoms with E-state index in [9.17, 15) is 9.90 Å². The smallest absolute Gasteiger partial charge is 0.258 e. The summed E-state index contributed by atoms with van der Waals surface area (Å²) >= 11 is 2.00. The van der Waals surface area contributed by atoms with Gasteiger partial charge in [0.2, 0.25) is 0 Å². The standard InChI is InChI=1S/C15H11IN2O2/c1-18(12-5-2-10(9-17)3-6-12)15(20)11-4-7-13(16)14(19)8-11/h2-8,19H,1H3. The predicted molar refractivity (Wildman–Crippen MR) is 84.7 cm³/mol. The van der Waals surface area contributed by atoms with Crippen molar-refractivity contribution >= 4 is 34.2 Å². The van der Waals surface area contributed by atoms with Gasteiger partial charge in [-0.1, -0.05) is 0 Å². The Hall–Kier alpha value is -2.07. The number of halogens is 1. The van der Waals surface area contributed by atoms with E-state index in [1.807, 2.05) is 28.7 Å². The van der Waals surface area contributed by atoms with Crippen molar-refractivity contribution in [3.05, 3.63) is 57.2 Å². The van der Waals surface area contributed by atoms with Crippen LogP contribution in [0.25, 0.3) is 0 Å². The molecule has 20 heavy (non-hydrogen) atoms. The molecule has 0 saturated heterocycles. The third kappa shape index (κ3) is 2.91. The van der Waals surface area contributed by atoms with Gasteiger partial charge in [-0.05, 0) is 65.1 Å². The summed E-state index contributed by atoms with van der Waals surface area (Å²) in [5, 5.41) is 18.4. The van der Waals surface area contributed by atoms with Gasteiger partial charge in [-0.3, -0.25) is 4.79 Å². The van der Waals surface area contributed by atoms with Crippen LogP contribution in [-0.2, 0) is 0 Å². The second-order valence-corrected chi connectivity index (χ2v) is 5.35. The number of anilines is 1. The van der Waals surface area contributed by atoms with E-state index >= 15 is 0 Å². The molecule has 0 aromatic heterocycles. The van der Waals surface area contributed by atoms with Gasteiger partial charge < -0.3 is 10.0 Å². The average Bonchev–Trinajstić information content (AvgIpc) is 2.48. The maximum Gasteiger partial charge on any atom is 0.258 e. The number of amides is 1. The highest BCUT2D eigenvalue weighted by atomic mass is 127. The lowest BCUT2D eigenvalue weighted by Gasteiger charge is -2.17. The molecule has 5 heteroatoms. The largest absolute Gasteiger partial charge is 0.507 e. The number of benzene rings is 2. The first kappa shape index (κ1) is 14.3. The number of nitriles is 1. The molecule has 1 amide bonds. The summed E-state index contributed by atoms with van der Waals surface area (Å²) in [6, 6.07) is 13.6. The molecular formula is C15H11IN2O2. The van der Waals surface area contributed by atoms with Crippen LogP contribution in [0.4, 0.5) is 5.69 Å². The number of nitrogens with zero attached hydrogens (tertiary/aromatic N) is 2.